The summed E-state index contributed by atoms with van der Waals surface area (Å²) < 4.78 is 23.2. The predicted molar refractivity (Wildman–Crippen MR) is 119 cm³/mol. The molecule has 0 unspecified atom stereocenters. The van der Waals surface area contributed by atoms with Crippen molar-refractivity contribution < 1.29 is 24.1 Å². The second-order valence-corrected chi connectivity index (χ2v) is 7.58. The number of benzene rings is 3. The van der Waals surface area contributed by atoms with Crippen LogP contribution in [0.4, 0.5) is 0 Å². The standard InChI is InChI=1S/C26H28O5/c1-28-22-12-8-20(9-13-22)26(19-6-4-3-5-7-19,21-10-14-23(29-2)15-11-21)31-18-25-24(27)16-17-30-25/h3-15,24-25,27H,16-18H2,1-2H3/t24-,25+/m0/s1. The van der Waals surface area contributed by atoms with Gasteiger partial charge in [-0.3, -0.25) is 0 Å². The van der Waals surface area contributed by atoms with E-state index in [1.165, 1.54) is 0 Å². The lowest BCUT2D eigenvalue weighted by Crippen LogP contribution is -2.38. The van der Waals surface area contributed by atoms with Crippen molar-refractivity contribution in [1.29, 1.82) is 0 Å². The number of aliphatic hydroxyl groups excluding tert-OH is 1. The molecule has 1 N–H and O–H groups in total. The van der Waals surface area contributed by atoms with Crippen molar-refractivity contribution in [2.75, 3.05) is 27.4 Å². The Balaban J connectivity index is 1.85. The number of hydrogen-bond donors (Lipinski definition) is 1. The first kappa shape index (κ1) is 21.4. The van der Waals surface area contributed by atoms with Crippen molar-refractivity contribution in [1.82, 2.24) is 0 Å². The molecule has 4 rings (SSSR count). The lowest BCUT2D eigenvalue weighted by atomic mass is 9.80. The molecule has 1 aliphatic rings. The summed E-state index contributed by atoms with van der Waals surface area (Å²) >= 11 is 0. The molecule has 31 heavy (non-hydrogen) atoms. The van der Waals surface area contributed by atoms with Crippen molar-refractivity contribution in [3.05, 3.63) is 95.6 Å². The first-order valence-electron chi connectivity index (χ1n) is 10.5. The van der Waals surface area contributed by atoms with Crippen molar-refractivity contribution in [2.24, 2.45) is 0 Å². The fourth-order valence-electron chi connectivity index (χ4n) is 4.08. The van der Waals surface area contributed by atoms with Gasteiger partial charge < -0.3 is 24.1 Å². The summed E-state index contributed by atoms with van der Waals surface area (Å²) in [7, 11) is 3.30. The fraction of sp³-hybridized carbons (Fsp3) is 0.308. The first-order chi connectivity index (χ1) is 15.2. The second-order valence-electron chi connectivity index (χ2n) is 7.58. The van der Waals surface area contributed by atoms with Gasteiger partial charge in [-0.1, -0.05) is 54.6 Å². The Bertz CT molecular complexity index is 906. The van der Waals surface area contributed by atoms with Gasteiger partial charge in [0.25, 0.3) is 0 Å². The molecule has 0 amide bonds. The topological polar surface area (TPSA) is 57.2 Å². The van der Waals surface area contributed by atoms with E-state index in [9.17, 15) is 5.11 Å². The molecule has 0 spiro atoms. The van der Waals surface area contributed by atoms with Crippen LogP contribution in [0.5, 0.6) is 11.5 Å². The molecule has 1 aliphatic heterocycles. The number of rotatable bonds is 8. The number of hydrogen-bond acceptors (Lipinski definition) is 5. The summed E-state index contributed by atoms with van der Waals surface area (Å²) in [6, 6.07) is 25.9. The Labute approximate surface area is 183 Å². The summed E-state index contributed by atoms with van der Waals surface area (Å²) in [5, 5.41) is 10.3. The Morgan fingerprint density at radius 2 is 1.32 bits per heavy atom. The van der Waals surface area contributed by atoms with Crippen LogP contribution in [0.3, 0.4) is 0 Å². The average molecular weight is 421 g/mol. The summed E-state index contributed by atoms with van der Waals surface area (Å²) in [6.45, 7) is 0.798. The number of methoxy groups -OCH3 is 2. The first-order valence-corrected chi connectivity index (χ1v) is 10.5. The third kappa shape index (κ3) is 4.30. The molecule has 5 nitrogen and oxygen atoms in total. The van der Waals surface area contributed by atoms with Gasteiger partial charge in [-0.2, -0.15) is 0 Å². The van der Waals surface area contributed by atoms with Crippen LogP contribution < -0.4 is 9.47 Å². The van der Waals surface area contributed by atoms with E-state index in [0.717, 1.165) is 28.2 Å². The number of ether oxygens (including phenoxy) is 4. The van der Waals surface area contributed by atoms with E-state index < -0.39 is 11.7 Å². The van der Waals surface area contributed by atoms with E-state index in [4.69, 9.17) is 18.9 Å². The van der Waals surface area contributed by atoms with Crippen LogP contribution in [-0.4, -0.2) is 44.7 Å². The van der Waals surface area contributed by atoms with Crippen molar-refractivity contribution in [2.45, 2.75) is 24.2 Å². The zero-order valence-corrected chi connectivity index (χ0v) is 17.9. The third-order valence-electron chi connectivity index (χ3n) is 5.81. The van der Waals surface area contributed by atoms with Gasteiger partial charge in [0, 0.05) is 6.61 Å². The predicted octanol–water partition coefficient (Wildman–Crippen LogP) is 4.16. The Morgan fingerprint density at radius 3 is 1.77 bits per heavy atom. The van der Waals surface area contributed by atoms with Crippen LogP contribution in [0.1, 0.15) is 23.1 Å². The molecule has 0 bridgehead atoms. The van der Waals surface area contributed by atoms with E-state index in [1.807, 2.05) is 66.7 Å². The number of aliphatic hydroxyl groups is 1. The van der Waals surface area contributed by atoms with Crippen LogP contribution >= 0.6 is 0 Å². The summed E-state index contributed by atoms with van der Waals surface area (Å²) in [4.78, 5) is 0. The van der Waals surface area contributed by atoms with Crippen LogP contribution in [-0.2, 0) is 15.1 Å². The van der Waals surface area contributed by atoms with Gasteiger partial charge in [0.2, 0.25) is 0 Å². The van der Waals surface area contributed by atoms with Gasteiger partial charge in [0.1, 0.15) is 23.2 Å². The highest BCUT2D eigenvalue weighted by Gasteiger charge is 2.40. The van der Waals surface area contributed by atoms with E-state index in [1.54, 1.807) is 14.2 Å². The van der Waals surface area contributed by atoms with Crippen LogP contribution in [0, 0.1) is 0 Å². The molecule has 2 atom stereocenters. The van der Waals surface area contributed by atoms with Crippen molar-refractivity contribution in [3.8, 4) is 11.5 Å². The van der Waals surface area contributed by atoms with Crippen LogP contribution in [0.2, 0.25) is 0 Å². The van der Waals surface area contributed by atoms with E-state index >= 15 is 0 Å². The molecule has 0 aromatic heterocycles. The molecule has 5 heteroatoms. The summed E-state index contributed by atoms with van der Waals surface area (Å²) in [5.41, 5.74) is 2.00. The molecule has 162 valence electrons. The quantitative estimate of drug-likeness (QED) is 0.555. The normalized spacial score (nSPS) is 18.7. The maximum Gasteiger partial charge on any atom is 0.143 e. The van der Waals surface area contributed by atoms with Crippen LogP contribution in [0.15, 0.2) is 78.9 Å². The molecule has 1 saturated heterocycles. The lowest BCUT2D eigenvalue weighted by molar-refractivity contribution is -0.0697. The fourth-order valence-corrected chi connectivity index (χ4v) is 4.08. The second kappa shape index (κ2) is 9.52. The zero-order valence-electron chi connectivity index (χ0n) is 17.9. The van der Waals surface area contributed by atoms with Gasteiger partial charge in [0.05, 0.1) is 26.9 Å². The third-order valence-corrected chi connectivity index (χ3v) is 5.81. The van der Waals surface area contributed by atoms with Gasteiger partial charge in [-0.05, 0) is 47.4 Å². The minimum Gasteiger partial charge on any atom is -0.497 e. The van der Waals surface area contributed by atoms with E-state index in [2.05, 4.69) is 12.1 Å². The van der Waals surface area contributed by atoms with Crippen LogP contribution in [0.25, 0.3) is 0 Å². The SMILES string of the molecule is COc1ccc(C(OC[C@H]2OCC[C@@H]2O)(c2ccccc2)c2ccc(OC)cc2)cc1. The molecule has 3 aromatic carbocycles. The monoisotopic (exact) mass is 420 g/mol. The van der Waals surface area contributed by atoms with Crippen molar-refractivity contribution >= 4 is 0 Å². The zero-order chi connectivity index (χ0) is 21.7. The molecule has 0 saturated carbocycles. The Hall–Kier alpha value is -2.86. The van der Waals surface area contributed by atoms with Gasteiger partial charge in [0.15, 0.2) is 0 Å². The maximum absolute atomic E-state index is 10.3. The Morgan fingerprint density at radius 1 is 0.806 bits per heavy atom. The molecule has 0 radical (unpaired) electrons. The van der Waals surface area contributed by atoms with Gasteiger partial charge >= 0.3 is 0 Å². The highest BCUT2D eigenvalue weighted by Crippen LogP contribution is 2.42. The minimum atomic E-state index is -0.897. The Kier molecular flexibility index (Phi) is 6.56. The smallest absolute Gasteiger partial charge is 0.143 e. The highest BCUT2D eigenvalue weighted by atomic mass is 16.6. The largest absolute Gasteiger partial charge is 0.497 e. The molecule has 3 aromatic rings. The lowest BCUT2D eigenvalue weighted by Gasteiger charge is -2.37. The van der Waals surface area contributed by atoms with Crippen molar-refractivity contribution in [3.63, 3.8) is 0 Å². The summed E-state index contributed by atoms with van der Waals surface area (Å²) in [5.74, 6) is 1.55. The average Bonchev–Trinajstić information content (AvgIpc) is 3.25. The van der Waals surface area contributed by atoms with Gasteiger partial charge in [-0.15, -0.1) is 0 Å². The maximum atomic E-state index is 10.3. The molecular weight excluding hydrogens is 392 g/mol. The molecule has 1 heterocycles. The van der Waals surface area contributed by atoms with Gasteiger partial charge in [-0.25, -0.2) is 0 Å². The summed E-state index contributed by atoms with van der Waals surface area (Å²) in [6.07, 6.45) is -0.267. The minimum absolute atomic E-state index is 0.258. The molecule has 1 fully saturated rings. The molecule has 0 aliphatic carbocycles. The van der Waals surface area contributed by atoms with E-state index in [0.29, 0.717) is 13.0 Å². The molecular formula is C26H28O5. The van der Waals surface area contributed by atoms with E-state index in [-0.39, 0.29) is 12.7 Å². The highest BCUT2D eigenvalue weighted by molar-refractivity contribution is 5.49.